The summed E-state index contributed by atoms with van der Waals surface area (Å²) < 4.78 is 0. The number of nitrogens with one attached hydrogen (secondary N) is 2. The van der Waals surface area contributed by atoms with Gasteiger partial charge in [-0.2, -0.15) is 5.10 Å². The van der Waals surface area contributed by atoms with Gasteiger partial charge in [0.15, 0.2) is 0 Å². The van der Waals surface area contributed by atoms with Crippen LogP contribution in [0.3, 0.4) is 0 Å². The van der Waals surface area contributed by atoms with E-state index >= 15 is 0 Å². The van der Waals surface area contributed by atoms with E-state index in [2.05, 4.69) is 15.2 Å². The molecule has 1 heterocycles. The average Bonchev–Trinajstić information content (AvgIpc) is 2.72. The molecule has 0 atom stereocenters. The number of benzene rings is 1. The minimum Gasteiger partial charge on any atom is -0.367 e. The minimum atomic E-state index is -0.306. The molecule has 2 rings (SSSR count). The molecule has 0 unspecified atom stereocenters. The van der Waals surface area contributed by atoms with Gasteiger partial charge >= 0.3 is 0 Å². The first-order valence-corrected chi connectivity index (χ1v) is 5.04. The lowest BCUT2D eigenvalue weighted by atomic mass is 10.2. The van der Waals surface area contributed by atoms with Gasteiger partial charge in [-0.3, -0.25) is 10.4 Å². The lowest BCUT2D eigenvalue weighted by Crippen LogP contribution is -2.41. The van der Waals surface area contributed by atoms with E-state index < -0.39 is 0 Å². The third-order valence-electron chi connectivity index (χ3n) is 2.20. The number of hydrogen-bond acceptors (Lipinski definition) is 5. The zero-order chi connectivity index (χ0) is 13.0. The molecule has 18 heavy (non-hydrogen) atoms. The quantitative estimate of drug-likeness (QED) is 0.306. The number of H-pyrrole nitrogens is 1. The van der Waals surface area contributed by atoms with Crippen molar-refractivity contribution in [3.63, 3.8) is 0 Å². The Labute approximate surface area is 102 Å². The Morgan fingerprint density at radius 2 is 2.17 bits per heavy atom. The van der Waals surface area contributed by atoms with Crippen LogP contribution in [0.4, 0.5) is 0 Å². The standard InChI is InChI=1S/C10H12N6O2/c11-10(15-16(17)18)14-13-6-7-5-12-9-4-2-1-3-8(7)9/h1-6,12,17-18H,(H3,11,14,15)/b13-6+. The molecule has 1 aromatic heterocycles. The fraction of sp³-hybridized carbons (Fsp3) is 0. The van der Waals surface area contributed by atoms with Crippen LogP contribution in [-0.2, 0) is 0 Å². The van der Waals surface area contributed by atoms with Crippen LogP contribution in [0.1, 0.15) is 5.56 Å². The zero-order valence-electron chi connectivity index (χ0n) is 9.28. The summed E-state index contributed by atoms with van der Waals surface area (Å²) in [5.74, 6) is -0.254. The molecule has 1 aromatic carbocycles. The van der Waals surface area contributed by atoms with Gasteiger partial charge in [-0.15, -0.1) is 5.10 Å². The molecule has 0 radical (unpaired) electrons. The third kappa shape index (κ3) is 2.83. The summed E-state index contributed by atoms with van der Waals surface area (Å²) in [5.41, 5.74) is 9.04. The zero-order valence-corrected chi connectivity index (χ0v) is 9.28. The molecule has 0 amide bonds. The summed E-state index contributed by atoms with van der Waals surface area (Å²) in [4.78, 5) is 3.08. The Morgan fingerprint density at radius 1 is 1.39 bits per heavy atom. The van der Waals surface area contributed by atoms with Crippen molar-refractivity contribution in [1.29, 1.82) is 0 Å². The van der Waals surface area contributed by atoms with E-state index in [9.17, 15) is 0 Å². The second-order valence-electron chi connectivity index (χ2n) is 3.42. The number of rotatable bonds is 3. The molecular weight excluding hydrogens is 236 g/mol. The number of aromatic nitrogens is 1. The molecule has 0 fully saturated rings. The van der Waals surface area contributed by atoms with Crippen LogP contribution in [0.15, 0.2) is 40.7 Å². The molecule has 8 nitrogen and oxygen atoms in total. The van der Waals surface area contributed by atoms with Crippen molar-refractivity contribution in [2.45, 2.75) is 0 Å². The monoisotopic (exact) mass is 248 g/mol. The van der Waals surface area contributed by atoms with Crippen molar-refractivity contribution in [1.82, 2.24) is 15.7 Å². The Morgan fingerprint density at radius 3 is 2.94 bits per heavy atom. The minimum absolute atomic E-state index is 0.254. The number of nitrogens with zero attached hydrogens (tertiary/aromatic N) is 3. The van der Waals surface area contributed by atoms with Crippen LogP contribution in [0, 0.1) is 0 Å². The molecule has 0 aliphatic carbocycles. The molecule has 0 bridgehead atoms. The van der Waals surface area contributed by atoms with Crippen LogP contribution in [0.2, 0.25) is 0 Å². The number of fused-ring (bicyclic) bond motifs is 1. The molecule has 0 spiro atoms. The number of hydrogen-bond donors (Lipinski definition) is 5. The second kappa shape index (κ2) is 5.27. The summed E-state index contributed by atoms with van der Waals surface area (Å²) in [5, 5.41) is 24.8. The maximum Gasteiger partial charge on any atom is 0.232 e. The van der Waals surface area contributed by atoms with Crippen LogP contribution in [0.25, 0.3) is 10.9 Å². The first-order valence-electron chi connectivity index (χ1n) is 5.04. The first-order chi connectivity index (χ1) is 8.66. The largest absolute Gasteiger partial charge is 0.367 e. The number of aromatic amines is 1. The van der Waals surface area contributed by atoms with Gasteiger partial charge in [0.2, 0.25) is 5.96 Å². The predicted molar refractivity (Wildman–Crippen MR) is 66.1 cm³/mol. The van der Waals surface area contributed by atoms with Crippen molar-refractivity contribution < 1.29 is 10.4 Å². The molecule has 0 saturated heterocycles. The van der Waals surface area contributed by atoms with Crippen molar-refractivity contribution in [3.8, 4) is 0 Å². The normalized spacial score (nSPS) is 12.7. The molecule has 0 aliphatic heterocycles. The summed E-state index contributed by atoms with van der Waals surface area (Å²) in [6.07, 6.45) is 3.30. The molecule has 94 valence electrons. The molecule has 0 saturated carbocycles. The highest BCUT2D eigenvalue weighted by atomic mass is 16.8. The Balaban J connectivity index is 2.14. The highest BCUT2D eigenvalue weighted by molar-refractivity contribution is 5.99. The summed E-state index contributed by atoms with van der Waals surface area (Å²) >= 11 is 0. The number of hydrazine groups is 1. The number of guanidine groups is 1. The topological polar surface area (TPSA) is 122 Å². The molecule has 0 aliphatic rings. The van der Waals surface area contributed by atoms with Gasteiger partial charge in [0, 0.05) is 28.0 Å². The fourth-order valence-corrected chi connectivity index (χ4v) is 1.48. The first kappa shape index (κ1) is 12.0. The smallest absolute Gasteiger partial charge is 0.232 e. The predicted octanol–water partition coefficient (Wildman–Crippen LogP) is 0.402. The maximum absolute atomic E-state index is 8.41. The Bertz CT molecular complexity index is 589. The van der Waals surface area contributed by atoms with Gasteiger partial charge in [0.05, 0.1) is 6.21 Å². The molecule has 6 N–H and O–H groups in total. The Hall–Kier alpha value is -2.42. The highest BCUT2D eigenvalue weighted by Crippen LogP contribution is 2.15. The van der Waals surface area contributed by atoms with Gasteiger partial charge in [-0.25, -0.2) is 5.43 Å². The van der Waals surface area contributed by atoms with Crippen LogP contribution < -0.4 is 11.2 Å². The lowest BCUT2D eigenvalue weighted by molar-refractivity contribution is -0.329. The SMILES string of the molecule is NC(=N/N=C/c1c[nH]c2ccccc12)NN(O)O. The van der Waals surface area contributed by atoms with Crippen LogP contribution in [0.5, 0.6) is 0 Å². The molecular formula is C10H12N6O2. The number of nitrogens with two attached hydrogens (primary N) is 1. The van der Waals surface area contributed by atoms with E-state index in [1.807, 2.05) is 29.7 Å². The molecule has 8 heteroatoms. The van der Waals surface area contributed by atoms with E-state index in [4.69, 9.17) is 16.1 Å². The van der Waals surface area contributed by atoms with Gasteiger partial charge in [-0.05, 0) is 6.07 Å². The number of para-hydroxylation sites is 1. The average molecular weight is 248 g/mol. The van der Waals surface area contributed by atoms with E-state index in [1.54, 1.807) is 6.20 Å². The van der Waals surface area contributed by atoms with E-state index in [0.29, 0.717) is 0 Å². The van der Waals surface area contributed by atoms with E-state index in [1.165, 1.54) is 6.21 Å². The summed E-state index contributed by atoms with van der Waals surface area (Å²) in [7, 11) is 0. The molecule has 2 aromatic rings. The summed E-state index contributed by atoms with van der Waals surface area (Å²) in [6.45, 7) is 0. The maximum atomic E-state index is 8.41. The summed E-state index contributed by atoms with van der Waals surface area (Å²) in [6, 6.07) is 7.74. The second-order valence-corrected chi connectivity index (χ2v) is 3.42. The fourth-order valence-electron chi connectivity index (χ4n) is 1.48. The van der Waals surface area contributed by atoms with Crippen molar-refractivity contribution >= 4 is 23.1 Å². The van der Waals surface area contributed by atoms with Crippen LogP contribution >= 0.6 is 0 Å². The van der Waals surface area contributed by atoms with Gasteiger partial charge in [-0.1, -0.05) is 18.2 Å². The van der Waals surface area contributed by atoms with E-state index in [-0.39, 0.29) is 11.3 Å². The lowest BCUT2D eigenvalue weighted by Gasteiger charge is -2.05. The van der Waals surface area contributed by atoms with Gasteiger partial charge in [0.1, 0.15) is 0 Å². The van der Waals surface area contributed by atoms with Crippen molar-refractivity contribution in [3.05, 3.63) is 36.0 Å². The van der Waals surface area contributed by atoms with E-state index in [0.717, 1.165) is 16.5 Å². The highest BCUT2D eigenvalue weighted by Gasteiger charge is 1.99. The third-order valence-corrected chi connectivity index (χ3v) is 2.20. The Kier molecular flexibility index (Phi) is 3.53. The van der Waals surface area contributed by atoms with Crippen molar-refractivity contribution in [2.75, 3.05) is 0 Å². The van der Waals surface area contributed by atoms with Gasteiger partial charge in [0.25, 0.3) is 0 Å². The van der Waals surface area contributed by atoms with Crippen LogP contribution in [-0.4, -0.2) is 32.9 Å². The van der Waals surface area contributed by atoms with Crippen molar-refractivity contribution in [2.24, 2.45) is 15.9 Å². The van der Waals surface area contributed by atoms with Gasteiger partial charge < -0.3 is 10.7 Å².